The van der Waals surface area contributed by atoms with E-state index in [9.17, 15) is 14.4 Å². The Kier molecular flexibility index (Phi) is 7.63. The van der Waals surface area contributed by atoms with E-state index in [0.717, 1.165) is 22.4 Å². The third-order valence-electron chi connectivity index (χ3n) is 7.19. The Morgan fingerprint density at radius 1 is 0.949 bits per heavy atom. The Bertz CT molecular complexity index is 1340. The molecule has 3 aromatic carbocycles. The van der Waals surface area contributed by atoms with Gasteiger partial charge >= 0.3 is 0 Å². The molecule has 0 aliphatic carbocycles. The van der Waals surface area contributed by atoms with Gasteiger partial charge in [0.15, 0.2) is 6.10 Å². The van der Waals surface area contributed by atoms with Crippen molar-refractivity contribution in [2.75, 3.05) is 32.6 Å². The predicted octanol–water partition coefficient (Wildman–Crippen LogP) is 2.92. The number of rotatable bonds is 9. The zero-order chi connectivity index (χ0) is 27.5. The largest absolute Gasteiger partial charge is 0.496 e. The summed E-state index contributed by atoms with van der Waals surface area (Å²) < 4.78 is 5.37. The van der Waals surface area contributed by atoms with E-state index >= 15 is 0 Å². The molecule has 1 N–H and O–H groups in total. The predicted molar refractivity (Wildman–Crippen MR) is 145 cm³/mol. The van der Waals surface area contributed by atoms with Crippen LogP contribution in [0.15, 0.2) is 78.9 Å². The van der Waals surface area contributed by atoms with Crippen LogP contribution in [0.4, 0.5) is 5.69 Å². The number of para-hydroxylation sites is 1. The molecule has 9 nitrogen and oxygen atoms in total. The highest BCUT2D eigenvalue weighted by molar-refractivity contribution is 6.07. The van der Waals surface area contributed by atoms with Gasteiger partial charge in [-0.15, -0.1) is 0 Å². The number of imide groups is 1. The number of hydrogen-bond acceptors (Lipinski definition) is 7. The third kappa shape index (κ3) is 5.36. The number of hydrogen-bond donors (Lipinski definition) is 1. The Balaban J connectivity index is 1.37. The average Bonchev–Trinajstić information content (AvgIpc) is 3.43. The SMILES string of the molecule is COc1ccccc1CNC(=O)CN1OC2C(=O)N(Cc3ccccc3)C(=O)C2C1c1ccc(N(C)C)cc1. The van der Waals surface area contributed by atoms with E-state index in [2.05, 4.69) is 5.32 Å². The summed E-state index contributed by atoms with van der Waals surface area (Å²) in [6.07, 6.45) is -0.984. The molecule has 3 amide bonds. The standard InChI is InChI=1S/C30H32N4O5/c1-32(2)23-15-13-21(14-16-23)27-26-28(30(37)33(29(26)36)18-20-9-5-4-6-10-20)39-34(27)19-25(35)31-17-22-11-7-8-12-24(22)38-3/h4-16,26-28H,17-19H2,1-3H3,(H,31,35). The molecule has 0 saturated carbocycles. The first-order valence-corrected chi connectivity index (χ1v) is 12.9. The molecule has 39 heavy (non-hydrogen) atoms. The van der Waals surface area contributed by atoms with Gasteiger partial charge in [0.2, 0.25) is 11.8 Å². The molecule has 0 radical (unpaired) electrons. The summed E-state index contributed by atoms with van der Waals surface area (Å²) in [5, 5.41) is 4.38. The smallest absolute Gasteiger partial charge is 0.261 e. The van der Waals surface area contributed by atoms with Gasteiger partial charge in [0, 0.05) is 31.9 Å². The zero-order valence-corrected chi connectivity index (χ0v) is 22.2. The Labute approximate surface area is 227 Å². The highest BCUT2D eigenvalue weighted by Crippen LogP contribution is 2.45. The molecule has 0 aromatic heterocycles. The topological polar surface area (TPSA) is 91.4 Å². The maximum Gasteiger partial charge on any atom is 0.261 e. The highest BCUT2D eigenvalue weighted by Gasteiger charge is 2.59. The third-order valence-corrected chi connectivity index (χ3v) is 7.19. The van der Waals surface area contributed by atoms with Gasteiger partial charge in [-0.05, 0) is 29.3 Å². The first-order valence-electron chi connectivity index (χ1n) is 12.9. The van der Waals surface area contributed by atoms with Crippen molar-refractivity contribution < 1.29 is 24.0 Å². The molecule has 5 rings (SSSR count). The second kappa shape index (κ2) is 11.3. The van der Waals surface area contributed by atoms with Gasteiger partial charge in [-0.1, -0.05) is 60.7 Å². The van der Waals surface area contributed by atoms with Crippen molar-refractivity contribution in [3.05, 3.63) is 95.6 Å². The number of methoxy groups -OCH3 is 1. The van der Waals surface area contributed by atoms with Crippen molar-refractivity contribution in [2.24, 2.45) is 5.92 Å². The summed E-state index contributed by atoms with van der Waals surface area (Å²) >= 11 is 0. The number of anilines is 1. The van der Waals surface area contributed by atoms with Crippen LogP contribution in [-0.4, -0.2) is 61.5 Å². The molecular formula is C30H32N4O5. The number of nitrogens with zero attached hydrogens (tertiary/aromatic N) is 3. The fraction of sp³-hybridized carbons (Fsp3) is 0.300. The lowest BCUT2D eigenvalue weighted by molar-refractivity contribution is -0.182. The van der Waals surface area contributed by atoms with E-state index in [4.69, 9.17) is 9.57 Å². The molecule has 3 unspecified atom stereocenters. The van der Waals surface area contributed by atoms with Crippen LogP contribution in [0.25, 0.3) is 0 Å². The second-order valence-electron chi connectivity index (χ2n) is 9.89. The summed E-state index contributed by atoms with van der Waals surface area (Å²) in [4.78, 5) is 49.4. The lowest BCUT2D eigenvalue weighted by Gasteiger charge is -2.27. The van der Waals surface area contributed by atoms with Crippen molar-refractivity contribution in [1.29, 1.82) is 0 Å². The van der Waals surface area contributed by atoms with Crippen LogP contribution in [0.1, 0.15) is 22.7 Å². The van der Waals surface area contributed by atoms with E-state index in [1.807, 2.05) is 97.9 Å². The maximum absolute atomic E-state index is 13.6. The van der Waals surface area contributed by atoms with E-state index in [1.165, 1.54) is 9.96 Å². The molecule has 2 saturated heterocycles. The number of carbonyl (C=O) groups is 3. The number of fused-ring (bicyclic) bond motifs is 1. The van der Waals surface area contributed by atoms with Crippen LogP contribution < -0.4 is 15.0 Å². The van der Waals surface area contributed by atoms with Gasteiger partial charge in [-0.3, -0.25) is 24.1 Å². The summed E-state index contributed by atoms with van der Waals surface area (Å²) in [6, 6.07) is 24.0. The summed E-state index contributed by atoms with van der Waals surface area (Å²) in [5.41, 5.74) is 3.49. The van der Waals surface area contributed by atoms with Crippen molar-refractivity contribution in [1.82, 2.24) is 15.3 Å². The van der Waals surface area contributed by atoms with Crippen molar-refractivity contribution >= 4 is 23.4 Å². The number of likely N-dealkylation sites (tertiary alicyclic amines) is 1. The van der Waals surface area contributed by atoms with Crippen molar-refractivity contribution in [3.8, 4) is 5.75 Å². The van der Waals surface area contributed by atoms with E-state index < -0.39 is 18.1 Å². The molecule has 2 aliphatic heterocycles. The van der Waals surface area contributed by atoms with E-state index in [-0.39, 0.29) is 37.4 Å². The van der Waals surface area contributed by atoms with Crippen LogP contribution in [0.5, 0.6) is 5.75 Å². The van der Waals surface area contributed by atoms with Crippen LogP contribution in [0.2, 0.25) is 0 Å². The molecule has 2 heterocycles. The first-order chi connectivity index (χ1) is 18.9. The van der Waals surface area contributed by atoms with Gasteiger partial charge in [-0.2, -0.15) is 5.06 Å². The molecule has 9 heteroatoms. The van der Waals surface area contributed by atoms with Crippen LogP contribution in [0.3, 0.4) is 0 Å². The number of amides is 3. The Hall–Kier alpha value is -4.21. The van der Waals surface area contributed by atoms with E-state index in [1.54, 1.807) is 7.11 Å². The molecule has 0 spiro atoms. The van der Waals surface area contributed by atoms with Crippen LogP contribution >= 0.6 is 0 Å². The van der Waals surface area contributed by atoms with Crippen LogP contribution in [0, 0.1) is 5.92 Å². The molecule has 0 bridgehead atoms. The Morgan fingerprint density at radius 2 is 1.64 bits per heavy atom. The van der Waals surface area contributed by atoms with Gasteiger partial charge in [-0.25, -0.2) is 0 Å². The summed E-state index contributed by atoms with van der Waals surface area (Å²) in [6.45, 7) is 0.316. The lowest BCUT2D eigenvalue weighted by Crippen LogP contribution is -2.41. The maximum atomic E-state index is 13.6. The second-order valence-corrected chi connectivity index (χ2v) is 9.89. The fourth-order valence-corrected chi connectivity index (χ4v) is 5.17. The minimum Gasteiger partial charge on any atom is -0.496 e. The molecule has 2 fully saturated rings. The molecule has 3 atom stereocenters. The van der Waals surface area contributed by atoms with Gasteiger partial charge in [0.25, 0.3) is 5.91 Å². The van der Waals surface area contributed by atoms with Crippen LogP contribution in [-0.2, 0) is 32.3 Å². The number of ether oxygens (including phenoxy) is 1. The number of hydroxylamine groups is 2. The lowest BCUT2D eigenvalue weighted by atomic mass is 9.90. The van der Waals surface area contributed by atoms with Gasteiger partial charge in [0.05, 0.1) is 25.6 Å². The zero-order valence-electron chi connectivity index (χ0n) is 22.2. The minimum absolute atomic E-state index is 0.137. The molecule has 3 aromatic rings. The Morgan fingerprint density at radius 3 is 2.33 bits per heavy atom. The summed E-state index contributed by atoms with van der Waals surface area (Å²) in [5.74, 6) is -1.06. The monoisotopic (exact) mass is 528 g/mol. The highest BCUT2D eigenvalue weighted by atomic mass is 16.7. The van der Waals surface area contributed by atoms with Crippen molar-refractivity contribution in [2.45, 2.75) is 25.2 Å². The summed E-state index contributed by atoms with van der Waals surface area (Å²) in [7, 11) is 5.48. The first kappa shape index (κ1) is 26.4. The molecule has 202 valence electrons. The van der Waals surface area contributed by atoms with Gasteiger partial charge in [0.1, 0.15) is 12.3 Å². The van der Waals surface area contributed by atoms with Crippen molar-refractivity contribution in [3.63, 3.8) is 0 Å². The molecular weight excluding hydrogens is 496 g/mol. The number of nitrogens with one attached hydrogen (secondary N) is 1. The number of benzene rings is 3. The normalized spacial score (nSPS) is 20.7. The minimum atomic E-state index is -0.984. The van der Waals surface area contributed by atoms with E-state index in [0.29, 0.717) is 5.75 Å². The quantitative estimate of drug-likeness (QED) is 0.427. The average molecular weight is 529 g/mol. The number of carbonyl (C=O) groups excluding carboxylic acids is 3. The molecule has 2 aliphatic rings. The van der Waals surface area contributed by atoms with Gasteiger partial charge < -0.3 is 15.0 Å². The fourth-order valence-electron chi connectivity index (χ4n) is 5.17.